The molecule has 1 aromatic heterocycles. The zero-order chi connectivity index (χ0) is 10.6. The van der Waals surface area contributed by atoms with Gasteiger partial charge in [0.05, 0.1) is 12.0 Å². The fourth-order valence-electron chi connectivity index (χ4n) is 1.35. The van der Waals surface area contributed by atoms with Gasteiger partial charge >= 0.3 is 0 Å². The second kappa shape index (κ2) is 4.71. The summed E-state index contributed by atoms with van der Waals surface area (Å²) >= 11 is 0. The summed E-state index contributed by atoms with van der Waals surface area (Å²) in [5.74, 6) is 1.55. The minimum absolute atomic E-state index is 0.0864. The Morgan fingerprint density at radius 3 is 2.71 bits per heavy atom. The molecule has 0 saturated carbocycles. The van der Waals surface area contributed by atoms with Crippen LogP contribution in [0.1, 0.15) is 13.8 Å². The highest BCUT2D eigenvalue weighted by Gasteiger charge is 2.15. The maximum atomic E-state index is 8.96. The molecule has 1 heterocycles. The van der Waals surface area contributed by atoms with E-state index in [-0.39, 0.29) is 5.92 Å². The molecule has 3 heteroatoms. The standard InChI is InChI=1S/C11H17N3/c1-9(2)10(7-12)8-14(3)11-5-4-6-13-11/h4-6,9-10,13H,8H2,1-3H3. The summed E-state index contributed by atoms with van der Waals surface area (Å²) in [7, 11) is 2.00. The van der Waals surface area contributed by atoms with Crippen LogP contribution in [0.2, 0.25) is 0 Å². The average molecular weight is 191 g/mol. The molecular formula is C11H17N3. The molecule has 0 aliphatic heterocycles. The lowest BCUT2D eigenvalue weighted by molar-refractivity contribution is 0.476. The molecule has 1 atom stereocenters. The Morgan fingerprint density at radius 2 is 2.29 bits per heavy atom. The predicted octanol–water partition coefficient (Wildman–Crippen LogP) is 2.25. The highest BCUT2D eigenvalue weighted by atomic mass is 15.2. The third-order valence-corrected chi connectivity index (χ3v) is 2.43. The molecule has 0 aliphatic carbocycles. The monoisotopic (exact) mass is 191 g/mol. The molecule has 1 rings (SSSR count). The minimum Gasteiger partial charge on any atom is -0.360 e. The SMILES string of the molecule is CC(C)C(C#N)CN(C)c1ccc[nH]1. The van der Waals surface area contributed by atoms with Crippen LogP contribution in [0.15, 0.2) is 18.3 Å². The fraction of sp³-hybridized carbons (Fsp3) is 0.545. The van der Waals surface area contributed by atoms with Crippen molar-refractivity contribution in [2.24, 2.45) is 11.8 Å². The first-order valence-corrected chi connectivity index (χ1v) is 4.89. The van der Waals surface area contributed by atoms with E-state index in [1.54, 1.807) is 0 Å². The predicted molar refractivity (Wildman–Crippen MR) is 58.0 cm³/mol. The van der Waals surface area contributed by atoms with E-state index < -0.39 is 0 Å². The molecule has 0 amide bonds. The van der Waals surface area contributed by atoms with Gasteiger partial charge in [-0.1, -0.05) is 13.8 Å². The molecule has 1 unspecified atom stereocenters. The normalized spacial score (nSPS) is 12.5. The smallest absolute Gasteiger partial charge is 0.105 e. The van der Waals surface area contributed by atoms with Gasteiger partial charge in [-0.05, 0) is 18.1 Å². The fourth-order valence-corrected chi connectivity index (χ4v) is 1.35. The van der Waals surface area contributed by atoms with E-state index >= 15 is 0 Å². The van der Waals surface area contributed by atoms with E-state index in [2.05, 4.69) is 29.8 Å². The summed E-state index contributed by atoms with van der Waals surface area (Å²) in [5.41, 5.74) is 0. The molecule has 0 bridgehead atoms. The van der Waals surface area contributed by atoms with Crippen LogP contribution in [0.5, 0.6) is 0 Å². The van der Waals surface area contributed by atoms with E-state index in [9.17, 15) is 0 Å². The van der Waals surface area contributed by atoms with Crippen LogP contribution >= 0.6 is 0 Å². The summed E-state index contributed by atoms with van der Waals surface area (Å²) in [6, 6.07) is 6.31. The second-order valence-electron chi connectivity index (χ2n) is 3.92. The van der Waals surface area contributed by atoms with Gasteiger partial charge < -0.3 is 9.88 Å². The maximum absolute atomic E-state index is 8.96. The lowest BCUT2D eigenvalue weighted by Crippen LogP contribution is -2.27. The van der Waals surface area contributed by atoms with Crippen LogP contribution in [0.25, 0.3) is 0 Å². The van der Waals surface area contributed by atoms with E-state index in [0.717, 1.165) is 12.4 Å². The molecular weight excluding hydrogens is 174 g/mol. The van der Waals surface area contributed by atoms with Crippen LogP contribution in [0.3, 0.4) is 0 Å². The maximum Gasteiger partial charge on any atom is 0.105 e. The Bertz CT molecular complexity index is 295. The Hall–Kier alpha value is -1.43. The molecule has 0 saturated heterocycles. The topological polar surface area (TPSA) is 42.8 Å². The van der Waals surface area contributed by atoms with Gasteiger partial charge in [0.15, 0.2) is 0 Å². The van der Waals surface area contributed by atoms with E-state index in [0.29, 0.717) is 5.92 Å². The van der Waals surface area contributed by atoms with Crippen molar-refractivity contribution in [3.63, 3.8) is 0 Å². The number of rotatable bonds is 4. The third kappa shape index (κ3) is 2.53. The van der Waals surface area contributed by atoms with Crippen LogP contribution in [0.4, 0.5) is 5.82 Å². The first-order chi connectivity index (χ1) is 6.65. The molecule has 0 spiro atoms. The summed E-state index contributed by atoms with van der Waals surface area (Å²) in [4.78, 5) is 5.20. The van der Waals surface area contributed by atoms with Gasteiger partial charge in [0.2, 0.25) is 0 Å². The summed E-state index contributed by atoms with van der Waals surface area (Å²) in [5, 5.41) is 8.96. The van der Waals surface area contributed by atoms with Crippen molar-refractivity contribution in [1.29, 1.82) is 5.26 Å². The highest BCUT2D eigenvalue weighted by Crippen LogP contribution is 2.15. The van der Waals surface area contributed by atoms with Gasteiger partial charge in [-0.3, -0.25) is 0 Å². The van der Waals surface area contributed by atoms with Gasteiger partial charge in [0.1, 0.15) is 5.82 Å². The minimum atomic E-state index is 0.0864. The molecule has 3 nitrogen and oxygen atoms in total. The van der Waals surface area contributed by atoms with Gasteiger partial charge in [0.25, 0.3) is 0 Å². The van der Waals surface area contributed by atoms with E-state index in [4.69, 9.17) is 5.26 Å². The van der Waals surface area contributed by atoms with Crippen molar-refractivity contribution in [3.05, 3.63) is 18.3 Å². The first kappa shape index (κ1) is 10.6. The lowest BCUT2D eigenvalue weighted by Gasteiger charge is -2.22. The number of nitriles is 1. The number of nitrogens with zero attached hydrogens (tertiary/aromatic N) is 2. The summed E-state index contributed by atoms with van der Waals surface area (Å²) in [6.45, 7) is 4.93. The van der Waals surface area contributed by atoms with Gasteiger partial charge in [-0.2, -0.15) is 5.26 Å². The number of nitrogens with one attached hydrogen (secondary N) is 1. The second-order valence-corrected chi connectivity index (χ2v) is 3.92. The number of aromatic nitrogens is 1. The van der Waals surface area contributed by atoms with Crippen molar-refractivity contribution in [2.45, 2.75) is 13.8 Å². The van der Waals surface area contributed by atoms with Crippen LogP contribution in [-0.4, -0.2) is 18.6 Å². The number of H-pyrrole nitrogens is 1. The molecule has 76 valence electrons. The van der Waals surface area contributed by atoms with Crippen LogP contribution < -0.4 is 4.90 Å². The number of anilines is 1. The zero-order valence-corrected chi connectivity index (χ0v) is 8.99. The molecule has 1 aromatic rings. The molecule has 0 fully saturated rings. The van der Waals surface area contributed by atoms with Gasteiger partial charge in [-0.25, -0.2) is 0 Å². The van der Waals surface area contributed by atoms with Crippen molar-refractivity contribution in [1.82, 2.24) is 4.98 Å². The summed E-state index contributed by atoms with van der Waals surface area (Å²) in [6.07, 6.45) is 1.89. The van der Waals surface area contributed by atoms with Crippen LogP contribution in [0, 0.1) is 23.2 Å². The third-order valence-electron chi connectivity index (χ3n) is 2.43. The Labute approximate surface area is 85.3 Å². The van der Waals surface area contributed by atoms with E-state index in [1.807, 2.05) is 25.4 Å². The average Bonchev–Trinajstić information content (AvgIpc) is 2.65. The van der Waals surface area contributed by atoms with Crippen LogP contribution in [-0.2, 0) is 0 Å². The number of aromatic amines is 1. The van der Waals surface area contributed by atoms with Crippen molar-refractivity contribution >= 4 is 5.82 Å². The van der Waals surface area contributed by atoms with Gasteiger partial charge in [-0.15, -0.1) is 0 Å². The summed E-state index contributed by atoms with van der Waals surface area (Å²) < 4.78 is 0. The van der Waals surface area contributed by atoms with Crippen molar-refractivity contribution < 1.29 is 0 Å². The van der Waals surface area contributed by atoms with Crippen molar-refractivity contribution in [3.8, 4) is 6.07 Å². The van der Waals surface area contributed by atoms with Gasteiger partial charge in [0, 0.05) is 19.8 Å². The molecule has 14 heavy (non-hydrogen) atoms. The zero-order valence-electron chi connectivity index (χ0n) is 8.99. The highest BCUT2D eigenvalue weighted by molar-refractivity contribution is 5.37. The Morgan fingerprint density at radius 1 is 1.57 bits per heavy atom. The number of hydrogen-bond donors (Lipinski definition) is 1. The molecule has 0 aromatic carbocycles. The Kier molecular flexibility index (Phi) is 3.58. The molecule has 1 N–H and O–H groups in total. The quantitative estimate of drug-likeness (QED) is 0.793. The first-order valence-electron chi connectivity index (χ1n) is 4.89. The molecule has 0 radical (unpaired) electrons. The largest absolute Gasteiger partial charge is 0.360 e. The number of hydrogen-bond acceptors (Lipinski definition) is 2. The molecule has 0 aliphatic rings. The van der Waals surface area contributed by atoms with Crippen molar-refractivity contribution in [2.75, 3.05) is 18.5 Å². The Balaban J connectivity index is 2.56. The van der Waals surface area contributed by atoms with E-state index in [1.165, 1.54) is 0 Å². The lowest BCUT2D eigenvalue weighted by atomic mass is 9.97.